The van der Waals surface area contributed by atoms with Gasteiger partial charge in [0.2, 0.25) is 0 Å². The Hall–Kier alpha value is -0.820. The fourth-order valence-corrected chi connectivity index (χ4v) is 2.87. The monoisotopic (exact) mass is 292 g/mol. The van der Waals surface area contributed by atoms with Gasteiger partial charge in [-0.3, -0.25) is 5.32 Å². The molecule has 0 bridgehead atoms. The molecule has 3 heteroatoms. The Balaban J connectivity index is 2.21. The highest BCUT2D eigenvalue weighted by molar-refractivity contribution is 9.10. The number of hydrogen-bond acceptors (Lipinski definition) is 2. The SMILES string of the molecule is C#CCNC1(CN)CCc2cc(Br)ccc2C1. The van der Waals surface area contributed by atoms with Gasteiger partial charge in [-0.25, -0.2) is 0 Å². The normalized spacial score (nSPS) is 22.9. The molecule has 90 valence electrons. The second-order valence-electron chi connectivity index (χ2n) is 4.63. The highest BCUT2D eigenvalue weighted by Gasteiger charge is 2.32. The van der Waals surface area contributed by atoms with Crippen molar-refractivity contribution in [3.63, 3.8) is 0 Å². The molecule has 0 radical (unpaired) electrons. The molecule has 1 aliphatic carbocycles. The fraction of sp³-hybridized carbons (Fsp3) is 0.429. The third-order valence-electron chi connectivity index (χ3n) is 3.53. The summed E-state index contributed by atoms with van der Waals surface area (Å²) in [6, 6.07) is 6.48. The van der Waals surface area contributed by atoms with E-state index < -0.39 is 0 Å². The number of nitrogens with one attached hydrogen (secondary N) is 1. The van der Waals surface area contributed by atoms with Crippen LogP contribution in [-0.4, -0.2) is 18.6 Å². The van der Waals surface area contributed by atoms with Crippen molar-refractivity contribution in [1.29, 1.82) is 0 Å². The smallest absolute Gasteiger partial charge is 0.0578 e. The molecule has 0 saturated carbocycles. The summed E-state index contributed by atoms with van der Waals surface area (Å²) in [4.78, 5) is 0. The maximum atomic E-state index is 5.93. The first-order valence-corrected chi connectivity index (χ1v) is 6.64. The molecule has 0 heterocycles. The molecule has 0 aromatic heterocycles. The van der Waals surface area contributed by atoms with Gasteiger partial charge in [0.1, 0.15) is 0 Å². The van der Waals surface area contributed by atoms with Crippen molar-refractivity contribution in [2.75, 3.05) is 13.1 Å². The van der Waals surface area contributed by atoms with E-state index in [2.05, 4.69) is 45.4 Å². The van der Waals surface area contributed by atoms with Crippen LogP contribution in [0.2, 0.25) is 0 Å². The molecule has 0 amide bonds. The minimum absolute atomic E-state index is 0.0206. The number of fused-ring (bicyclic) bond motifs is 1. The Morgan fingerprint density at radius 1 is 1.47 bits per heavy atom. The van der Waals surface area contributed by atoms with Crippen LogP contribution < -0.4 is 11.1 Å². The van der Waals surface area contributed by atoms with Gasteiger partial charge in [-0.05, 0) is 42.5 Å². The van der Waals surface area contributed by atoms with Gasteiger partial charge in [-0.15, -0.1) is 6.42 Å². The van der Waals surface area contributed by atoms with Crippen LogP contribution >= 0.6 is 15.9 Å². The molecule has 0 aliphatic heterocycles. The van der Waals surface area contributed by atoms with E-state index in [4.69, 9.17) is 12.2 Å². The van der Waals surface area contributed by atoms with Crippen molar-refractivity contribution in [2.45, 2.75) is 24.8 Å². The molecule has 1 atom stereocenters. The summed E-state index contributed by atoms with van der Waals surface area (Å²) in [5, 5.41) is 3.42. The first kappa shape index (κ1) is 12.6. The van der Waals surface area contributed by atoms with Crippen molar-refractivity contribution >= 4 is 15.9 Å². The molecule has 2 nitrogen and oxygen atoms in total. The summed E-state index contributed by atoms with van der Waals surface area (Å²) >= 11 is 3.51. The molecule has 1 aromatic rings. The number of rotatable bonds is 3. The van der Waals surface area contributed by atoms with E-state index in [-0.39, 0.29) is 5.54 Å². The van der Waals surface area contributed by atoms with E-state index in [1.165, 1.54) is 11.1 Å². The van der Waals surface area contributed by atoms with E-state index in [0.29, 0.717) is 13.1 Å². The van der Waals surface area contributed by atoms with Crippen LogP contribution in [0.1, 0.15) is 17.5 Å². The van der Waals surface area contributed by atoms with Crippen molar-refractivity contribution < 1.29 is 0 Å². The maximum absolute atomic E-state index is 5.93. The highest BCUT2D eigenvalue weighted by Crippen LogP contribution is 2.30. The van der Waals surface area contributed by atoms with Crippen molar-refractivity contribution in [1.82, 2.24) is 5.32 Å². The molecule has 17 heavy (non-hydrogen) atoms. The first-order valence-electron chi connectivity index (χ1n) is 5.85. The van der Waals surface area contributed by atoms with E-state index in [1.54, 1.807) is 0 Å². The van der Waals surface area contributed by atoms with Crippen LogP contribution in [0, 0.1) is 12.3 Å². The highest BCUT2D eigenvalue weighted by atomic mass is 79.9. The van der Waals surface area contributed by atoms with Gasteiger partial charge < -0.3 is 5.73 Å². The predicted octanol–water partition coefficient (Wildman–Crippen LogP) is 1.86. The molecular formula is C14H17BrN2. The minimum Gasteiger partial charge on any atom is -0.329 e. The predicted molar refractivity (Wildman–Crippen MR) is 74.8 cm³/mol. The minimum atomic E-state index is -0.0206. The molecule has 3 N–H and O–H groups in total. The first-order chi connectivity index (χ1) is 8.19. The summed E-state index contributed by atoms with van der Waals surface area (Å²) in [5.41, 5.74) is 8.71. The van der Waals surface area contributed by atoms with Crippen LogP contribution in [0.25, 0.3) is 0 Å². The topological polar surface area (TPSA) is 38.0 Å². The van der Waals surface area contributed by atoms with Gasteiger partial charge in [-0.1, -0.05) is 27.9 Å². The second-order valence-corrected chi connectivity index (χ2v) is 5.55. The van der Waals surface area contributed by atoms with Crippen LogP contribution in [0.3, 0.4) is 0 Å². The van der Waals surface area contributed by atoms with Gasteiger partial charge in [0, 0.05) is 16.6 Å². The standard InChI is InChI=1S/C14H17BrN2/c1-2-7-17-14(10-16)6-5-11-8-13(15)4-3-12(11)9-14/h1,3-4,8,17H,5-7,9-10,16H2. The zero-order valence-corrected chi connectivity index (χ0v) is 11.4. The van der Waals surface area contributed by atoms with Gasteiger partial charge >= 0.3 is 0 Å². The molecular weight excluding hydrogens is 276 g/mol. The number of aryl methyl sites for hydroxylation is 1. The third kappa shape index (κ3) is 2.71. The number of halogens is 1. The van der Waals surface area contributed by atoms with E-state index in [0.717, 1.165) is 23.7 Å². The summed E-state index contributed by atoms with van der Waals surface area (Å²) in [6.45, 7) is 1.22. The molecule has 2 rings (SSSR count). The Bertz CT molecular complexity index is 450. The molecule has 0 spiro atoms. The van der Waals surface area contributed by atoms with Crippen LogP contribution in [0.5, 0.6) is 0 Å². The van der Waals surface area contributed by atoms with Crippen molar-refractivity contribution in [3.05, 3.63) is 33.8 Å². The molecule has 1 aliphatic rings. The second kappa shape index (κ2) is 5.22. The fourth-order valence-electron chi connectivity index (χ4n) is 2.46. The van der Waals surface area contributed by atoms with Crippen molar-refractivity contribution in [2.24, 2.45) is 5.73 Å². The quantitative estimate of drug-likeness (QED) is 0.835. The zero-order valence-electron chi connectivity index (χ0n) is 9.80. The Kier molecular flexibility index (Phi) is 3.88. The lowest BCUT2D eigenvalue weighted by molar-refractivity contribution is 0.307. The number of hydrogen-bond donors (Lipinski definition) is 2. The van der Waals surface area contributed by atoms with E-state index >= 15 is 0 Å². The molecule has 1 unspecified atom stereocenters. The van der Waals surface area contributed by atoms with E-state index in [9.17, 15) is 0 Å². The average molecular weight is 293 g/mol. The van der Waals surface area contributed by atoms with Gasteiger partial charge in [0.25, 0.3) is 0 Å². The number of nitrogens with two attached hydrogens (primary N) is 1. The van der Waals surface area contributed by atoms with Crippen LogP contribution in [0.15, 0.2) is 22.7 Å². The molecule has 0 fully saturated rings. The summed E-state index contributed by atoms with van der Waals surface area (Å²) in [6.07, 6.45) is 8.39. The number of terminal acetylenes is 1. The van der Waals surface area contributed by atoms with Gasteiger partial charge in [0.05, 0.1) is 6.54 Å². The largest absolute Gasteiger partial charge is 0.329 e. The molecule has 0 saturated heterocycles. The van der Waals surface area contributed by atoms with Crippen LogP contribution in [0.4, 0.5) is 0 Å². The summed E-state index contributed by atoms with van der Waals surface area (Å²) in [7, 11) is 0. The van der Waals surface area contributed by atoms with Gasteiger partial charge in [0.15, 0.2) is 0 Å². The number of benzene rings is 1. The lowest BCUT2D eigenvalue weighted by Crippen LogP contribution is -2.55. The summed E-state index contributed by atoms with van der Waals surface area (Å²) in [5.74, 6) is 2.63. The van der Waals surface area contributed by atoms with Gasteiger partial charge in [-0.2, -0.15) is 0 Å². The lowest BCUT2D eigenvalue weighted by Gasteiger charge is -2.38. The Morgan fingerprint density at radius 3 is 3.00 bits per heavy atom. The Labute approximate surface area is 111 Å². The zero-order chi connectivity index (χ0) is 12.3. The lowest BCUT2D eigenvalue weighted by atomic mass is 9.78. The third-order valence-corrected chi connectivity index (χ3v) is 4.02. The Morgan fingerprint density at radius 2 is 2.29 bits per heavy atom. The van der Waals surface area contributed by atoms with Crippen molar-refractivity contribution in [3.8, 4) is 12.3 Å². The maximum Gasteiger partial charge on any atom is 0.0578 e. The van der Waals surface area contributed by atoms with E-state index in [1.807, 2.05) is 0 Å². The van der Waals surface area contributed by atoms with Crippen LogP contribution in [-0.2, 0) is 12.8 Å². The molecule has 1 aromatic carbocycles. The summed E-state index contributed by atoms with van der Waals surface area (Å²) < 4.78 is 1.15. The average Bonchev–Trinajstić information content (AvgIpc) is 2.36.